The minimum absolute atomic E-state index is 0.0331. The third kappa shape index (κ3) is 3.60. The summed E-state index contributed by atoms with van der Waals surface area (Å²) in [5.74, 6) is 0.636. The first-order chi connectivity index (χ1) is 15.6. The molecule has 2 aromatic rings. The summed E-state index contributed by atoms with van der Waals surface area (Å²) < 4.78 is 47.7. The zero-order valence-electron chi connectivity index (χ0n) is 18.8. The number of methoxy groups -OCH3 is 1. The van der Waals surface area contributed by atoms with Gasteiger partial charge in [-0.05, 0) is 43.9 Å². The lowest BCUT2D eigenvalue weighted by Gasteiger charge is -2.21. The van der Waals surface area contributed by atoms with Crippen molar-refractivity contribution in [1.29, 1.82) is 0 Å². The van der Waals surface area contributed by atoms with E-state index >= 15 is 0 Å². The van der Waals surface area contributed by atoms with Crippen molar-refractivity contribution in [3.05, 3.63) is 51.6 Å². The van der Waals surface area contributed by atoms with Gasteiger partial charge in [-0.1, -0.05) is 12.1 Å². The molecule has 33 heavy (non-hydrogen) atoms. The average molecular weight is 461 g/mol. The fraction of sp³-hybridized carbons (Fsp3) is 0.522. The molecule has 1 saturated carbocycles. The molecule has 1 aromatic heterocycles. The van der Waals surface area contributed by atoms with E-state index < -0.39 is 23.4 Å². The van der Waals surface area contributed by atoms with Gasteiger partial charge in [0.15, 0.2) is 5.49 Å². The van der Waals surface area contributed by atoms with Gasteiger partial charge in [-0.25, -0.2) is 0 Å². The molecule has 3 aliphatic rings. The molecule has 0 spiro atoms. The summed E-state index contributed by atoms with van der Waals surface area (Å²) in [6, 6.07) is 3.64. The van der Waals surface area contributed by atoms with Crippen molar-refractivity contribution in [3.8, 4) is 0 Å². The topological polar surface area (TPSA) is 71.8 Å². The van der Waals surface area contributed by atoms with E-state index in [2.05, 4.69) is 14.9 Å². The number of hydrogen-bond acceptors (Lipinski definition) is 5. The average Bonchev–Trinajstić information content (AvgIpc) is 3.20. The lowest BCUT2D eigenvalue weighted by atomic mass is 9.97. The number of aromatic nitrogens is 2. The second-order valence-electron chi connectivity index (χ2n) is 8.94. The molecule has 3 heterocycles. The summed E-state index contributed by atoms with van der Waals surface area (Å²) in [7, 11) is 1.56. The third-order valence-corrected chi connectivity index (χ3v) is 6.94. The highest BCUT2D eigenvalue weighted by molar-refractivity contribution is 5.88. The van der Waals surface area contributed by atoms with Crippen LogP contribution in [0.15, 0.2) is 23.2 Å². The fourth-order valence-electron chi connectivity index (χ4n) is 4.90. The first kappa shape index (κ1) is 21.9. The van der Waals surface area contributed by atoms with E-state index in [1.165, 1.54) is 13.0 Å². The molecule has 0 saturated heterocycles. The molecule has 1 N–H and O–H groups in total. The second-order valence-corrected chi connectivity index (χ2v) is 8.94. The van der Waals surface area contributed by atoms with Crippen molar-refractivity contribution < 1.29 is 22.7 Å². The number of alkyl halides is 3. The van der Waals surface area contributed by atoms with Gasteiger partial charge in [-0.15, -0.1) is 0 Å². The number of nitrogens with zero attached hydrogens (tertiary/aromatic N) is 4. The monoisotopic (exact) mass is 461 g/mol. The van der Waals surface area contributed by atoms with E-state index in [0.29, 0.717) is 42.9 Å². The van der Waals surface area contributed by atoms with Crippen LogP contribution in [0.4, 0.5) is 19.1 Å². The van der Waals surface area contributed by atoms with E-state index in [0.717, 1.165) is 30.4 Å². The van der Waals surface area contributed by atoms with Gasteiger partial charge in [0.05, 0.1) is 24.7 Å². The predicted octanol–water partition coefficient (Wildman–Crippen LogP) is 3.32. The Kier molecular flexibility index (Phi) is 5.04. The van der Waals surface area contributed by atoms with Crippen molar-refractivity contribution in [3.63, 3.8) is 0 Å². The highest BCUT2D eigenvalue weighted by Gasteiger charge is 2.53. The van der Waals surface area contributed by atoms with E-state index in [-0.39, 0.29) is 11.5 Å². The highest BCUT2D eigenvalue weighted by Crippen LogP contribution is 2.42. The van der Waals surface area contributed by atoms with E-state index in [1.807, 2.05) is 0 Å². The SMILES string of the molecule is COC1(C(=O)N2Cc3c(n4c(nc3=NC(C)c3cccc(C(F)(F)F)c3C)NCC4)C2)CC1. The van der Waals surface area contributed by atoms with Gasteiger partial charge in [0.2, 0.25) is 5.95 Å². The molecule has 0 bridgehead atoms. The predicted molar refractivity (Wildman–Crippen MR) is 114 cm³/mol. The summed E-state index contributed by atoms with van der Waals surface area (Å²) in [5.41, 5.74) is 1.57. The van der Waals surface area contributed by atoms with Gasteiger partial charge in [-0.3, -0.25) is 9.79 Å². The molecule has 1 aromatic carbocycles. The Hall–Kier alpha value is -2.88. The number of nitrogens with one attached hydrogen (secondary N) is 1. The first-order valence-electron chi connectivity index (χ1n) is 11.1. The number of carbonyl (C=O) groups is 1. The minimum Gasteiger partial charge on any atom is -0.368 e. The van der Waals surface area contributed by atoms with Gasteiger partial charge >= 0.3 is 6.18 Å². The van der Waals surface area contributed by atoms with Crippen molar-refractivity contribution in [2.75, 3.05) is 19.0 Å². The van der Waals surface area contributed by atoms with Crippen molar-refractivity contribution in [2.45, 2.75) is 64.1 Å². The van der Waals surface area contributed by atoms with Gasteiger partial charge in [0.1, 0.15) is 5.60 Å². The lowest BCUT2D eigenvalue weighted by Crippen LogP contribution is -2.38. The molecule has 1 fully saturated rings. The number of ether oxygens (including phenoxy) is 1. The number of rotatable bonds is 4. The van der Waals surface area contributed by atoms with Crippen molar-refractivity contribution >= 4 is 11.9 Å². The minimum atomic E-state index is -4.42. The first-order valence-corrected chi connectivity index (χ1v) is 11.1. The van der Waals surface area contributed by atoms with Crippen LogP contribution in [0.2, 0.25) is 0 Å². The van der Waals surface area contributed by atoms with E-state index in [1.54, 1.807) is 25.0 Å². The Labute approximate surface area is 189 Å². The summed E-state index contributed by atoms with van der Waals surface area (Å²) in [4.78, 5) is 24.3. The number of hydrogen-bond donors (Lipinski definition) is 1. The Balaban J connectivity index is 1.55. The van der Waals surface area contributed by atoms with Gasteiger partial charge in [-0.2, -0.15) is 18.2 Å². The maximum absolute atomic E-state index is 13.4. The number of carbonyl (C=O) groups excluding carboxylic acids is 1. The van der Waals surface area contributed by atoms with Gasteiger partial charge in [0, 0.05) is 31.5 Å². The zero-order valence-corrected chi connectivity index (χ0v) is 18.8. The van der Waals surface area contributed by atoms with Crippen LogP contribution in [0.3, 0.4) is 0 Å². The number of amides is 1. The molecule has 2 aliphatic heterocycles. The molecule has 5 rings (SSSR count). The Bertz CT molecular complexity index is 1200. The highest BCUT2D eigenvalue weighted by atomic mass is 19.4. The summed E-state index contributed by atoms with van der Waals surface area (Å²) in [6.45, 7) is 5.51. The van der Waals surface area contributed by atoms with Crippen LogP contribution in [0.1, 0.15) is 53.8 Å². The third-order valence-electron chi connectivity index (χ3n) is 6.94. The maximum Gasteiger partial charge on any atom is 0.416 e. The fourth-order valence-corrected chi connectivity index (χ4v) is 4.90. The normalized spacial score (nSPS) is 19.8. The smallest absolute Gasteiger partial charge is 0.368 e. The molecule has 0 radical (unpaired) electrons. The Morgan fingerprint density at radius 1 is 1.30 bits per heavy atom. The standard InChI is InChI=1S/C23H26F3N5O2/c1-13-15(5-4-6-17(13)23(24,25)26)14(2)28-19-16-11-30(20(32)22(33-3)7-8-22)12-18(16)31-10-9-27-21(31)29-19/h4-6,14H,7-12H2,1-3H3,(H,27,28,29). The van der Waals surface area contributed by atoms with Crippen LogP contribution in [-0.2, 0) is 35.3 Å². The van der Waals surface area contributed by atoms with Crippen LogP contribution < -0.4 is 10.8 Å². The Morgan fingerprint density at radius 3 is 2.73 bits per heavy atom. The second kappa shape index (κ2) is 7.58. The maximum atomic E-state index is 13.4. The zero-order chi connectivity index (χ0) is 23.5. The molecule has 10 heteroatoms. The van der Waals surface area contributed by atoms with Crippen LogP contribution in [-0.4, -0.2) is 39.6 Å². The molecule has 7 nitrogen and oxygen atoms in total. The van der Waals surface area contributed by atoms with Crippen LogP contribution in [0, 0.1) is 6.92 Å². The summed E-state index contributed by atoms with van der Waals surface area (Å²) in [6.07, 6.45) is -3.00. The van der Waals surface area contributed by atoms with E-state index in [4.69, 9.17) is 9.73 Å². The molecule has 1 unspecified atom stereocenters. The lowest BCUT2D eigenvalue weighted by molar-refractivity contribution is -0.145. The van der Waals surface area contributed by atoms with Crippen molar-refractivity contribution in [2.24, 2.45) is 4.99 Å². The van der Waals surface area contributed by atoms with Crippen molar-refractivity contribution in [1.82, 2.24) is 14.5 Å². The summed E-state index contributed by atoms with van der Waals surface area (Å²) >= 11 is 0. The number of halogens is 3. The van der Waals surface area contributed by atoms with E-state index in [9.17, 15) is 18.0 Å². The molecule has 1 amide bonds. The van der Waals surface area contributed by atoms with Gasteiger partial charge < -0.3 is 19.5 Å². The summed E-state index contributed by atoms with van der Waals surface area (Å²) in [5, 5.41) is 3.24. The molecule has 176 valence electrons. The molecular weight excluding hydrogens is 435 g/mol. The number of fused-ring (bicyclic) bond motifs is 3. The number of benzene rings is 1. The Morgan fingerprint density at radius 2 is 2.06 bits per heavy atom. The molecule has 1 aliphatic carbocycles. The van der Waals surface area contributed by atoms with Crippen LogP contribution in [0.5, 0.6) is 0 Å². The quantitative estimate of drug-likeness (QED) is 0.759. The van der Waals surface area contributed by atoms with Crippen LogP contribution in [0.25, 0.3) is 0 Å². The largest absolute Gasteiger partial charge is 0.416 e. The molecule has 1 atom stereocenters. The van der Waals surface area contributed by atoms with Gasteiger partial charge in [0.25, 0.3) is 5.91 Å². The number of anilines is 1. The van der Waals surface area contributed by atoms with Crippen LogP contribution >= 0.6 is 0 Å². The molecular formula is C23H26F3N5O2.